The fourth-order valence-electron chi connectivity index (χ4n) is 2.70. The largest absolute Gasteiger partial charge is 0.381 e. The summed E-state index contributed by atoms with van der Waals surface area (Å²) in [6.45, 7) is 1.48. The van der Waals surface area contributed by atoms with Crippen molar-refractivity contribution >= 4 is 32.5 Å². The van der Waals surface area contributed by atoms with Crippen LogP contribution in [0.5, 0.6) is 0 Å². The molecule has 1 saturated heterocycles. The van der Waals surface area contributed by atoms with Gasteiger partial charge >= 0.3 is 0 Å². The van der Waals surface area contributed by atoms with Crippen LogP contribution in [0, 0.1) is 0 Å². The van der Waals surface area contributed by atoms with Gasteiger partial charge in [-0.3, -0.25) is 4.79 Å². The fraction of sp³-hybridized carbons (Fsp3) is 0.286. The molecule has 6 heteroatoms. The van der Waals surface area contributed by atoms with Gasteiger partial charge in [0, 0.05) is 23.1 Å². The summed E-state index contributed by atoms with van der Waals surface area (Å²) in [6.07, 6.45) is 0.982. The first-order chi connectivity index (χ1) is 9.72. The SMILES string of the molecule is O=c1[nH]c2cc(C3CCOC3)nn2c2cc(Br)ccc12. The van der Waals surface area contributed by atoms with Crippen molar-refractivity contribution in [2.75, 3.05) is 13.2 Å². The van der Waals surface area contributed by atoms with Crippen LogP contribution in [0.25, 0.3) is 16.6 Å². The number of hydrogen-bond donors (Lipinski definition) is 1. The van der Waals surface area contributed by atoms with Gasteiger partial charge in [0.1, 0.15) is 5.65 Å². The Morgan fingerprint density at radius 3 is 3.10 bits per heavy atom. The molecule has 1 aromatic carbocycles. The van der Waals surface area contributed by atoms with Crippen molar-refractivity contribution in [1.82, 2.24) is 14.6 Å². The van der Waals surface area contributed by atoms with E-state index in [1.54, 1.807) is 10.6 Å². The first-order valence-corrected chi connectivity index (χ1v) is 7.30. The molecule has 1 unspecified atom stereocenters. The number of aromatic amines is 1. The van der Waals surface area contributed by atoms with Gasteiger partial charge in [-0.1, -0.05) is 15.9 Å². The molecule has 20 heavy (non-hydrogen) atoms. The molecule has 3 heterocycles. The predicted octanol–water partition coefficient (Wildman–Crippen LogP) is 2.44. The minimum atomic E-state index is -0.0888. The third kappa shape index (κ3) is 1.79. The van der Waals surface area contributed by atoms with Gasteiger partial charge in [-0.15, -0.1) is 0 Å². The molecule has 0 bridgehead atoms. The fourth-order valence-corrected chi connectivity index (χ4v) is 3.04. The Bertz CT molecular complexity index is 862. The molecule has 0 aliphatic carbocycles. The lowest BCUT2D eigenvalue weighted by atomic mass is 10.1. The summed E-state index contributed by atoms with van der Waals surface area (Å²) in [4.78, 5) is 15.0. The summed E-state index contributed by atoms with van der Waals surface area (Å²) in [5.74, 6) is 0.320. The molecule has 3 aromatic rings. The third-order valence-corrected chi connectivity index (χ3v) is 4.24. The highest BCUT2D eigenvalue weighted by Crippen LogP contribution is 2.26. The monoisotopic (exact) mass is 333 g/mol. The van der Waals surface area contributed by atoms with Crippen molar-refractivity contribution in [3.05, 3.63) is 44.8 Å². The predicted molar refractivity (Wildman–Crippen MR) is 79.2 cm³/mol. The van der Waals surface area contributed by atoms with Crippen LogP contribution in [0.15, 0.2) is 33.5 Å². The van der Waals surface area contributed by atoms with Crippen LogP contribution in [0.3, 0.4) is 0 Å². The van der Waals surface area contributed by atoms with Crippen molar-refractivity contribution in [3.63, 3.8) is 0 Å². The summed E-state index contributed by atoms with van der Waals surface area (Å²) in [6, 6.07) is 7.52. The maximum atomic E-state index is 12.1. The first kappa shape index (κ1) is 12.1. The molecule has 1 fully saturated rings. The van der Waals surface area contributed by atoms with Crippen LogP contribution in [0.4, 0.5) is 0 Å². The van der Waals surface area contributed by atoms with Crippen molar-refractivity contribution in [2.24, 2.45) is 0 Å². The number of hydrogen-bond acceptors (Lipinski definition) is 3. The van der Waals surface area contributed by atoms with Crippen molar-refractivity contribution in [2.45, 2.75) is 12.3 Å². The molecule has 0 spiro atoms. The zero-order valence-corrected chi connectivity index (χ0v) is 12.2. The minimum Gasteiger partial charge on any atom is -0.381 e. The van der Waals surface area contributed by atoms with Gasteiger partial charge in [-0.05, 0) is 24.6 Å². The lowest BCUT2D eigenvalue weighted by molar-refractivity contribution is 0.193. The molecule has 5 nitrogen and oxygen atoms in total. The van der Waals surface area contributed by atoms with Gasteiger partial charge in [0.15, 0.2) is 0 Å². The van der Waals surface area contributed by atoms with E-state index in [0.29, 0.717) is 17.9 Å². The second-order valence-corrected chi connectivity index (χ2v) is 5.96. The smallest absolute Gasteiger partial charge is 0.259 e. The molecule has 1 N–H and O–H groups in total. The Labute approximate surface area is 122 Å². The number of benzene rings is 1. The summed E-state index contributed by atoms with van der Waals surface area (Å²) >= 11 is 3.44. The van der Waals surface area contributed by atoms with E-state index in [1.165, 1.54) is 0 Å². The summed E-state index contributed by atoms with van der Waals surface area (Å²) in [5.41, 5.74) is 2.42. The third-order valence-electron chi connectivity index (χ3n) is 3.75. The molecule has 0 amide bonds. The van der Waals surface area contributed by atoms with E-state index in [0.717, 1.165) is 34.4 Å². The highest BCUT2D eigenvalue weighted by atomic mass is 79.9. The quantitative estimate of drug-likeness (QED) is 0.744. The summed E-state index contributed by atoms with van der Waals surface area (Å²) in [5, 5.41) is 5.29. The number of H-pyrrole nitrogens is 1. The lowest BCUT2D eigenvalue weighted by Crippen LogP contribution is -2.09. The molecule has 1 aliphatic heterocycles. The van der Waals surface area contributed by atoms with Crippen LogP contribution >= 0.6 is 15.9 Å². The van der Waals surface area contributed by atoms with E-state index in [9.17, 15) is 4.79 Å². The molecule has 2 aromatic heterocycles. The van der Waals surface area contributed by atoms with Gasteiger partial charge in [0.05, 0.1) is 23.2 Å². The van der Waals surface area contributed by atoms with E-state index in [4.69, 9.17) is 4.74 Å². The zero-order chi connectivity index (χ0) is 13.7. The average molecular weight is 334 g/mol. The number of halogens is 1. The topological polar surface area (TPSA) is 59.4 Å². The number of ether oxygens (including phenoxy) is 1. The highest BCUT2D eigenvalue weighted by molar-refractivity contribution is 9.10. The van der Waals surface area contributed by atoms with Gasteiger partial charge in [-0.2, -0.15) is 5.10 Å². The number of nitrogens with one attached hydrogen (secondary N) is 1. The number of nitrogens with zero attached hydrogens (tertiary/aromatic N) is 2. The first-order valence-electron chi connectivity index (χ1n) is 6.51. The molecule has 1 aliphatic rings. The maximum Gasteiger partial charge on any atom is 0.259 e. The summed E-state index contributed by atoms with van der Waals surface area (Å²) in [7, 11) is 0. The Hall–Kier alpha value is -1.66. The molecule has 4 rings (SSSR count). The lowest BCUT2D eigenvalue weighted by Gasteiger charge is -2.02. The Kier molecular flexibility index (Phi) is 2.68. The standard InChI is InChI=1S/C14H12BrN3O2/c15-9-1-2-10-12(5-9)18-13(16-14(10)19)6-11(17-18)8-3-4-20-7-8/h1-2,5-6,8H,3-4,7H2,(H,16,19). The summed E-state index contributed by atoms with van der Waals surface area (Å²) < 4.78 is 8.14. The normalized spacial score (nSPS) is 19.1. The van der Waals surface area contributed by atoms with Crippen LogP contribution in [-0.2, 0) is 4.74 Å². The molecular formula is C14H12BrN3O2. The molecule has 1 atom stereocenters. The van der Waals surface area contributed by atoms with E-state index < -0.39 is 0 Å². The molecule has 0 radical (unpaired) electrons. The van der Waals surface area contributed by atoms with E-state index in [2.05, 4.69) is 26.0 Å². The average Bonchev–Trinajstić information content (AvgIpc) is 3.06. The Balaban J connectivity index is 2.03. The van der Waals surface area contributed by atoms with Crippen LogP contribution in [0.2, 0.25) is 0 Å². The molecule has 102 valence electrons. The number of rotatable bonds is 1. The van der Waals surface area contributed by atoms with E-state index in [-0.39, 0.29) is 5.56 Å². The molecule has 0 saturated carbocycles. The van der Waals surface area contributed by atoms with E-state index >= 15 is 0 Å². The van der Waals surface area contributed by atoms with Gasteiger partial charge in [-0.25, -0.2) is 4.52 Å². The van der Waals surface area contributed by atoms with E-state index in [1.807, 2.05) is 18.2 Å². The van der Waals surface area contributed by atoms with Gasteiger partial charge in [0.2, 0.25) is 0 Å². The van der Waals surface area contributed by atoms with Crippen LogP contribution in [0.1, 0.15) is 18.0 Å². The zero-order valence-electron chi connectivity index (χ0n) is 10.6. The highest BCUT2D eigenvalue weighted by Gasteiger charge is 2.21. The van der Waals surface area contributed by atoms with Crippen molar-refractivity contribution in [1.29, 1.82) is 0 Å². The maximum absolute atomic E-state index is 12.1. The minimum absolute atomic E-state index is 0.0888. The molecular weight excluding hydrogens is 322 g/mol. The Morgan fingerprint density at radius 2 is 2.30 bits per heavy atom. The second kappa shape index (κ2) is 4.43. The van der Waals surface area contributed by atoms with Crippen LogP contribution < -0.4 is 5.56 Å². The number of fused-ring (bicyclic) bond motifs is 3. The van der Waals surface area contributed by atoms with Crippen LogP contribution in [-0.4, -0.2) is 27.8 Å². The van der Waals surface area contributed by atoms with Crippen molar-refractivity contribution in [3.8, 4) is 0 Å². The van der Waals surface area contributed by atoms with Crippen molar-refractivity contribution < 1.29 is 4.74 Å². The Morgan fingerprint density at radius 1 is 1.40 bits per heavy atom. The van der Waals surface area contributed by atoms with Gasteiger partial charge in [0.25, 0.3) is 5.56 Å². The number of aromatic nitrogens is 3. The second-order valence-electron chi connectivity index (χ2n) is 5.04. The van der Waals surface area contributed by atoms with Gasteiger partial charge < -0.3 is 9.72 Å².